The summed E-state index contributed by atoms with van der Waals surface area (Å²) >= 11 is 0. The maximum Gasteiger partial charge on any atom is 0.195 e. The van der Waals surface area contributed by atoms with Crippen LogP contribution in [0.3, 0.4) is 0 Å². The van der Waals surface area contributed by atoms with Gasteiger partial charge in [-0.15, -0.1) is 0 Å². The molecule has 0 radical (unpaired) electrons. The van der Waals surface area contributed by atoms with E-state index in [1.165, 1.54) is 0 Å². The van der Waals surface area contributed by atoms with Gasteiger partial charge in [0.25, 0.3) is 0 Å². The second-order valence-electron chi connectivity index (χ2n) is 7.29. The van der Waals surface area contributed by atoms with Crippen LogP contribution >= 0.6 is 0 Å². The molecule has 0 fully saturated rings. The van der Waals surface area contributed by atoms with Crippen molar-refractivity contribution in [2.45, 2.75) is 44.9 Å². The lowest BCUT2D eigenvalue weighted by atomic mass is 10.1. The van der Waals surface area contributed by atoms with Crippen LogP contribution in [-0.4, -0.2) is 76.7 Å². The molecule has 0 aliphatic rings. The molecule has 5 heteroatoms. The molecule has 0 heterocycles. The summed E-state index contributed by atoms with van der Waals surface area (Å²) in [4.78, 5) is 6.35. The second-order valence-corrected chi connectivity index (χ2v) is 11.7. The SMILES string of the molecule is CN(C)C(C#CC(C)(C)O[Si](C)(C)C)(N(C)C)N(C)C. The Labute approximate surface area is 127 Å². The standard InChI is InChI=1S/C15H33N3OSi/c1-14(2,19-20(9,10)11)12-13-15(16(3)4,17(5)6)18(7)8/h1-11H3. The molecule has 0 saturated heterocycles. The lowest BCUT2D eigenvalue weighted by molar-refractivity contribution is -0.0574. The summed E-state index contributed by atoms with van der Waals surface area (Å²) in [6, 6.07) is 0. The maximum atomic E-state index is 6.17. The highest BCUT2D eigenvalue weighted by atomic mass is 28.4. The predicted octanol–water partition coefficient (Wildman–Crippen LogP) is 1.96. The summed E-state index contributed by atoms with van der Waals surface area (Å²) < 4.78 is 6.17. The van der Waals surface area contributed by atoms with E-state index in [0.29, 0.717) is 0 Å². The first-order valence-electron chi connectivity index (χ1n) is 7.01. The Kier molecular flexibility index (Phi) is 6.46. The largest absolute Gasteiger partial charge is 0.402 e. The van der Waals surface area contributed by atoms with Crippen LogP contribution in [0.4, 0.5) is 0 Å². The number of hydrogen-bond acceptors (Lipinski definition) is 4. The minimum Gasteiger partial charge on any atom is -0.402 e. The molecular weight excluding hydrogens is 266 g/mol. The Morgan fingerprint density at radius 1 is 0.750 bits per heavy atom. The zero-order valence-corrected chi connectivity index (χ0v) is 16.2. The van der Waals surface area contributed by atoms with Crippen LogP contribution in [0.25, 0.3) is 0 Å². The molecule has 0 bridgehead atoms. The lowest BCUT2D eigenvalue weighted by Gasteiger charge is -2.45. The van der Waals surface area contributed by atoms with Gasteiger partial charge in [0, 0.05) is 0 Å². The highest BCUT2D eigenvalue weighted by Crippen LogP contribution is 2.20. The van der Waals surface area contributed by atoms with Crippen molar-refractivity contribution in [1.29, 1.82) is 0 Å². The van der Waals surface area contributed by atoms with E-state index >= 15 is 0 Å². The Hall–Kier alpha value is -0.383. The van der Waals surface area contributed by atoms with E-state index in [0.717, 1.165) is 0 Å². The topological polar surface area (TPSA) is 19.0 Å². The first kappa shape index (κ1) is 19.6. The van der Waals surface area contributed by atoms with Crippen molar-refractivity contribution in [2.24, 2.45) is 0 Å². The molecule has 0 aromatic rings. The monoisotopic (exact) mass is 299 g/mol. The van der Waals surface area contributed by atoms with Crippen LogP contribution < -0.4 is 0 Å². The molecule has 0 N–H and O–H groups in total. The van der Waals surface area contributed by atoms with Gasteiger partial charge < -0.3 is 4.43 Å². The summed E-state index contributed by atoms with van der Waals surface area (Å²) in [5, 5.41) is 0. The first-order valence-corrected chi connectivity index (χ1v) is 10.4. The fraction of sp³-hybridized carbons (Fsp3) is 0.867. The molecule has 4 nitrogen and oxygen atoms in total. The third kappa shape index (κ3) is 5.19. The average Bonchev–Trinajstić information content (AvgIpc) is 2.11. The highest BCUT2D eigenvalue weighted by Gasteiger charge is 2.36. The first-order chi connectivity index (χ1) is 8.74. The molecule has 0 amide bonds. The van der Waals surface area contributed by atoms with E-state index in [9.17, 15) is 0 Å². The lowest BCUT2D eigenvalue weighted by Crippen LogP contribution is -2.63. The summed E-state index contributed by atoms with van der Waals surface area (Å²) in [7, 11) is 10.6. The van der Waals surface area contributed by atoms with Crippen LogP contribution in [0, 0.1) is 11.8 Å². The molecule has 0 rings (SSSR count). The van der Waals surface area contributed by atoms with E-state index in [4.69, 9.17) is 4.43 Å². The Morgan fingerprint density at radius 3 is 1.35 bits per heavy atom. The van der Waals surface area contributed by atoms with Crippen molar-refractivity contribution in [3.63, 3.8) is 0 Å². The maximum absolute atomic E-state index is 6.17. The fourth-order valence-electron chi connectivity index (χ4n) is 2.56. The second kappa shape index (κ2) is 6.59. The van der Waals surface area contributed by atoms with E-state index < -0.39 is 19.7 Å². The summed E-state index contributed by atoms with van der Waals surface area (Å²) in [5.41, 5.74) is -0.433. The smallest absolute Gasteiger partial charge is 0.195 e. The van der Waals surface area contributed by atoms with Crippen molar-refractivity contribution < 1.29 is 4.43 Å². The predicted molar refractivity (Wildman–Crippen MR) is 90.1 cm³/mol. The third-order valence-electron chi connectivity index (χ3n) is 2.96. The van der Waals surface area contributed by atoms with Crippen LogP contribution in [0.5, 0.6) is 0 Å². The number of rotatable bonds is 5. The van der Waals surface area contributed by atoms with Crippen molar-refractivity contribution in [3.05, 3.63) is 0 Å². The molecule has 0 aliphatic heterocycles. The van der Waals surface area contributed by atoms with E-state index in [-0.39, 0.29) is 0 Å². The van der Waals surface area contributed by atoms with Gasteiger partial charge in [-0.2, -0.15) is 0 Å². The zero-order chi connectivity index (χ0) is 16.4. The van der Waals surface area contributed by atoms with E-state index in [2.05, 4.69) is 46.2 Å². The third-order valence-corrected chi connectivity index (χ3v) is 4.09. The van der Waals surface area contributed by atoms with Crippen molar-refractivity contribution in [2.75, 3.05) is 42.3 Å². The quantitative estimate of drug-likeness (QED) is 0.439. The van der Waals surface area contributed by atoms with E-state index in [1.807, 2.05) is 56.1 Å². The molecule has 118 valence electrons. The van der Waals surface area contributed by atoms with Crippen molar-refractivity contribution >= 4 is 8.32 Å². The van der Waals surface area contributed by atoms with Gasteiger partial charge in [-0.25, -0.2) is 0 Å². The van der Waals surface area contributed by atoms with Gasteiger partial charge >= 0.3 is 0 Å². The summed E-state index contributed by atoms with van der Waals surface area (Å²) in [5.74, 6) is 6.31. The molecule has 0 aliphatic carbocycles. The van der Waals surface area contributed by atoms with Gasteiger partial charge in [-0.05, 0) is 81.7 Å². The van der Waals surface area contributed by atoms with Gasteiger partial charge in [0.05, 0.1) is 0 Å². The molecule has 0 spiro atoms. The normalized spacial score (nSPS) is 13.9. The minimum atomic E-state index is -1.61. The molecule has 0 aromatic heterocycles. The van der Waals surface area contributed by atoms with Crippen LogP contribution in [-0.2, 0) is 4.43 Å². The average molecular weight is 300 g/mol. The summed E-state index contributed by atoms with van der Waals surface area (Å²) in [6.07, 6.45) is 0. The zero-order valence-electron chi connectivity index (χ0n) is 15.2. The van der Waals surface area contributed by atoms with Crippen LogP contribution in [0.15, 0.2) is 0 Å². The van der Waals surface area contributed by atoms with E-state index in [1.54, 1.807) is 0 Å². The Morgan fingerprint density at radius 2 is 1.10 bits per heavy atom. The fourth-order valence-corrected chi connectivity index (χ4v) is 4.14. The Balaban J connectivity index is 5.56. The molecule has 0 aromatic carbocycles. The molecular formula is C15H33N3OSi. The van der Waals surface area contributed by atoms with Crippen molar-refractivity contribution in [3.8, 4) is 11.8 Å². The molecule has 20 heavy (non-hydrogen) atoms. The highest BCUT2D eigenvalue weighted by molar-refractivity contribution is 6.69. The number of nitrogens with zero attached hydrogens (tertiary/aromatic N) is 3. The van der Waals surface area contributed by atoms with Gasteiger partial charge in [0.15, 0.2) is 14.1 Å². The van der Waals surface area contributed by atoms with Crippen LogP contribution in [0.2, 0.25) is 19.6 Å². The van der Waals surface area contributed by atoms with Crippen LogP contribution in [0.1, 0.15) is 13.8 Å². The van der Waals surface area contributed by atoms with Gasteiger partial charge in [-0.1, -0.05) is 5.92 Å². The number of hydrogen-bond donors (Lipinski definition) is 0. The Bertz CT molecular complexity index is 351. The molecule has 0 unspecified atom stereocenters. The molecule has 0 atom stereocenters. The van der Waals surface area contributed by atoms with Gasteiger partial charge in [0.1, 0.15) is 5.60 Å². The summed E-state index contributed by atoms with van der Waals surface area (Å²) in [6.45, 7) is 10.7. The van der Waals surface area contributed by atoms with Crippen molar-refractivity contribution in [1.82, 2.24) is 14.7 Å². The minimum absolute atomic E-state index is 0.433. The molecule has 0 saturated carbocycles. The van der Waals surface area contributed by atoms with Gasteiger partial charge in [-0.3, -0.25) is 14.7 Å². The van der Waals surface area contributed by atoms with Gasteiger partial charge in [0.2, 0.25) is 0 Å².